The van der Waals surface area contributed by atoms with E-state index in [2.05, 4.69) is 49.9 Å². The number of esters is 1. The molecule has 0 amide bonds. The lowest BCUT2D eigenvalue weighted by Gasteiger charge is -2.09. The third kappa shape index (κ3) is 5.20. The van der Waals surface area contributed by atoms with Gasteiger partial charge in [0.1, 0.15) is 23.9 Å². The number of benzene rings is 3. The number of hydrogen-bond acceptors (Lipinski definition) is 4. The predicted molar refractivity (Wildman–Crippen MR) is 126 cm³/mol. The Kier molecular flexibility index (Phi) is 6.90. The van der Waals surface area contributed by atoms with E-state index in [-0.39, 0.29) is 0 Å². The lowest BCUT2D eigenvalue weighted by molar-refractivity contribution is -0.128. The van der Waals surface area contributed by atoms with Crippen molar-refractivity contribution in [2.75, 3.05) is 6.61 Å². The molecule has 0 atom stereocenters. The fraction of sp³-hybridized carbons (Fsp3) is 0.250. The molecule has 0 aromatic heterocycles. The van der Waals surface area contributed by atoms with E-state index in [4.69, 9.17) is 14.2 Å². The highest BCUT2D eigenvalue weighted by Crippen LogP contribution is 2.39. The Morgan fingerprint density at radius 2 is 1.56 bits per heavy atom. The van der Waals surface area contributed by atoms with Gasteiger partial charge in [0.2, 0.25) is 0 Å². The lowest BCUT2D eigenvalue weighted by atomic mass is 10.0. The van der Waals surface area contributed by atoms with Gasteiger partial charge >= 0.3 is 5.97 Å². The summed E-state index contributed by atoms with van der Waals surface area (Å²) in [5, 5.41) is 0. The predicted octanol–water partition coefficient (Wildman–Crippen LogP) is 6.50. The van der Waals surface area contributed by atoms with Crippen molar-refractivity contribution in [2.45, 2.75) is 39.2 Å². The molecule has 0 saturated carbocycles. The molecule has 0 heterocycles. The Morgan fingerprint density at radius 1 is 0.875 bits per heavy atom. The van der Waals surface area contributed by atoms with Gasteiger partial charge in [-0.25, -0.2) is 4.79 Å². The first-order valence-corrected chi connectivity index (χ1v) is 11.1. The number of carbonyl (C=O) groups excluding carboxylic acids is 1. The molecule has 1 aliphatic rings. The summed E-state index contributed by atoms with van der Waals surface area (Å²) in [5.41, 5.74) is 6.33. The quantitative estimate of drug-likeness (QED) is 0.125. The van der Waals surface area contributed by atoms with Crippen LogP contribution in [0.2, 0.25) is 0 Å². The zero-order valence-corrected chi connectivity index (χ0v) is 18.4. The summed E-state index contributed by atoms with van der Waals surface area (Å²) >= 11 is 0. The molecule has 1 aliphatic carbocycles. The van der Waals surface area contributed by atoms with Crippen molar-refractivity contribution in [1.29, 1.82) is 0 Å². The molecule has 4 rings (SSSR count). The summed E-state index contributed by atoms with van der Waals surface area (Å²) in [7, 11) is 0. The molecule has 0 aliphatic heterocycles. The van der Waals surface area contributed by atoms with Gasteiger partial charge in [-0.05, 0) is 77.1 Å². The van der Waals surface area contributed by atoms with Crippen molar-refractivity contribution in [3.05, 3.63) is 90.0 Å². The van der Waals surface area contributed by atoms with Crippen LogP contribution in [0.4, 0.5) is 0 Å². The molecule has 3 aromatic rings. The number of carbonyl (C=O) groups is 1. The largest absolute Gasteiger partial charge is 0.494 e. The molecule has 0 N–H and O–H groups in total. The van der Waals surface area contributed by atoms with Crippen LogP contribution >= 0.6 is 0 Å². The van der Waals surface area contributed by atoms with Crippen LogP contribution in [0.5, 0.6) is 17.2 Å². The minimum absolute atomic E-state index is 0.464. The van der Waals surface area contributed by atoms with E-state index >= 15 is 0 Å². The Labute approximate surface area is 189 Å². The maximum absolute atomic E-state index is 11.3. The standard InChI is InChI=1S/C28H28O4/c1-3-5-6-15-30-25-12-14-27-22(18-25)17-21-16-20(7-13-26(21)27)19-31-23-8-10-24(11-9-23)32-28(29)4-2/h4,7-14,16,18H,2-3,5-6,15,17,19H2,1H3. The summed E-state index contributed by atoms with van der Waals surface area (Å²) in [6.45, 7) is 6.84. The van der Waals surface area contributed by atoms with Gasteiger partial charge < -0.3 is 14.2 Å². The summed E-state index contributed by atoms with van der Waals surface area (Å²) in [5.74, 6) is 1.66. The molecular weight excluding hydrogens is 400 g/mol. The van der Waals surface area contributed by atoms with Crippen LogP contribution in [0.1, 0.15) is 42.9 Å². The van der Waals surface area contributed by atoms with E-state index in [9.17, 15) is 4.79 Å². The fourth-order valence-electron chi connectivity index (χ4n) is 3.89. The first-order valence-electron chi connectivity index (χ1n) is 11.1. The van der Waals surface area contributed by atoms with Gasteiger partial charge in [-0.15, -0.1) is 0 Å². The third-order valence-electron chi connectivity index (χ3n) is 5.55. The lowest BCUT2D eigenvalue weighted by Crippen LogP contribution is -2.03. The van der Waals surface area contributed by atoms with Crippen molar-refractivity contribution >= 4 is 5.97 Å². The van der Waals surface area contributed by atoms with Gasteiger partial charge in [0.25, 0.3) is 0 Å². The highest BCUT2D eigenvalue weighted by atomic mass is 16.5. The topological polar surface area (TPSA) is 44.8 Å². The summed E-state index contributed by atoms with van der Waals surface area (Å²) in [6.07, 6.45) is 5.55. The summed E-state index contributed by atoms with van der Waals surface area (Å²) in [4.78, 5) is 11.3. The van der Waals surface area contributed by atoms with Crippen molar-refractivity contribution in [3.8, 4) is 28.4 Å². The molecule has 32 heavy (non-hydrogen) atoms. The second-order valence-electron chi connectivity index (χ2n) is 7.93. The molecular formula is C28H28O4. The number of ether oxygens (including phenoxy) is 3. The van der Waals surface area contributed by atoms with Crippen LogP contribution in [0, 0.1) is 0 Å². The average molecular weight is 429 g/mol. The first-order chi connectivity index (χ1) is 15.7. The fourth-order valence-corrected chi connectivity index (χ4v) is 3.89. The Morgan fingerprint density at radius 3 is 2.31 bits per heavy atom. The molecule has 4 heteroatoms. The van der Waals surface area contributed by atoms with E-state index in [0.717, 1.165) is 42.6 Å². The van der Waals surface area contributed by atoms with Crippen LogP contribution in [-0.2, 0) is 17.8 Å². The van der Waals surface area contributed by atoms with Gasteiger partial charge in [0.05, 0.1) is 6.61 Å². The number of hydrogen-bond donors (Lipinski definition) is 0. The van der Waals surface area contributed by atoms with Crippen molar-refractivity contribution in [1.82, 2.24) is 0 Å². The minimum Gasteiger partial charge on any atom is -0.494 e. The van der Waals surface area contributed by atoms with Gasteiger partial charge in [-0.2, -0.15) is 0 Å². The summed E-state index contributed by atoms with van der Waals surface area (Å²) in [6, 6.07) is 19.9. The summed E-state index contributed by atoms with van der Waals surface area (Å²) < 4.78 is 16.9. The van der Waals surface area contributed by atoms with Gasteiger partial charge in [-0.3, -0.25) is 0 Å². The SMILES string of the molecule is C=CC(=O)Oc1ccc(OCc2ccc3c(c2)Cc2cc(OCCCCC)ccc2-3)cc1. The molecule has 0 bridgehead atoms. The third-order valence-corrected chi connectivity index (χ3v) is 5.55. The maximum Gasteiger partial charge on any atom is 0.335 e. The molecule has 0 saturated heterocycles. The van der Waals surface area contributed by atoms with Crippen LogP contribution in [0.15, 0.2) is 73.3 Å². The minimum atomic E-state index is -0.479. The van der Waals surface area contributed by atoms with E-state index in [1.54, 1.807) is 24.3 Å². The van der Waals surface area contributed by atoms with Gasteiger partial charge in [0, 0.05) is 6.08 Å². The van der Waals surface area contributed by atoms with E-state index in [1.165, 1.54) is 35.1 Å². The average Bonchev–Trinajstić information content (AvgIpc) is 3.18. The van der Waals surface area contributed by atoms with Gasteiger partial charge in [0.15, 0.2) is 0 Å². The van der Waals surface area contributed by atoms with Crippen LogP contribution in [0.25, 0.3) is 11.1 Å². The van der Waals surface area contributed by atoms with Crippen molar-refractivity contribution < 1.29 is 19.0 Å². The van der Waals surface area contributed by atoms with E-state index in [0.29, 0.717) is 12.4 Å². The van der Waals surface area contributed by atoms with E-state index < -0.39 is 5.97 Å². The maximum atomic E-state index is 11.3. The van der Waals surface area contributed by atoms with Crippen molar-refractivity contribution in [2.24, 2.45) is 0 Å². The molecule has 0 radical (unpaired) electrons. The second-order valence-corrected chi connectivity index (χ2v) is 7.93. The first kappa shape index (κ1) is 21.7. The number of fused-ring (bicyclic) bond motifs is 3. The van der Waals surface area contributed by atoms with Crippen molar-refractivity contribution in [3.63, 3.8) is 0 Å². The molecule has 3 aromatic carbocycles. The smallest absolute Gasteiger partial charge is 0.335 e. The highest BCUT2D eigenvalue weighted by molar-refractivity contribution is 5.83. The van der Waals surface area contributed by atoms with E-state index in [1.807, 2.05) is 0 Å². The van der Waals surface area contributed by atoms with Crippen LogP contribution < -0.4 is 14.2 Å². The molecule has 164 valence electrons. The zero-order chi connectivity index (χ0) is 22.3. The Hall–Kier alpha value is -3.53. The second kappa shape index (κ2) is 10.2. The monoisotopic (exact) mass is 428 g/mol. The molecule has 0 unspecified atom stereocenters. The van der Waals surface area contributed by atoms with Crippen LogP contribution in [0.3, 0.4) is 0 Å². The molecule has 0 fully saturated rings. The molecule has 0 spiro atoms. The highest BCUT2D eigenvalue weighted by Gasteiger charge is 2.19. The Balaban J connectivity index is 1.36. The number of unbranched alkanes of at least 4 members (excludes halogenated alkanes) is 2. The van der Waals surface area contributed by atoms with Crippen LogP contribution in [-0.4, -0.2) is 12.6 Å². The Bertz CT molecular complexity index is 1100. The normalized spacial score (nSPS) is 11.4. The number of rotatable bonds is 10. The molecule has 4 nitrogen and oxygen atoms in total. The van der Waals surface area contributed by atoms with Gasteiger partial charge in [-0.1, -0.05) is 50.6 Å². The zero-order valence-electron chi connectivity index (χ0n) is 18.4.